The van der Waals surface area contributed by atoms with Crippen molar-refractivity contribution in [1.29, 1.82) is 0 Å². The van der Waals surface area contributed by atoms with Crippen molar-refractivity contribution >= 4 is 22.6 Å². The summed E-state index contributed by atoms with van der Waals surface area (Å²) in [5.41, 5.74) is 7.62. The monoisotopic (exact) mass is 321 g/mol. The first-order valence-electron chi connectivity index (χ1n) is 6.87. The maximum atomic E-state index is 13.5. The molecule has 0 saturated heterocycles. The van der Waals surface area contributed by atoms with Gasteiger partial charge in [-0.25, -0.2) is 13.8 Å². The summed E-state index contributed by atoms with van der Waals surface area (Å²) >= 11 is 5.87. The topological polar surface area (TPSA) is 43.8 Å². The normalized spacial score (nSPS) is 11.3. The SMILES string of the molecule is NCCn1c(Cc2ccc(Cl)cc2)nc2cc(F)c(F)cc21. The third-order valence-electron chi connectivity index (χ3n) is 3.50. The van der Waals surface area contributed by atoms with Gasteiger partial charge in [0.05, 0.1) is 11.0 Å². The van der Waals surface area contributed by atoms with Gasteiger partial charge in [0, 0.05) is 36.7 Å². The van der Waals surface area contributed by atoms with Gasteiger partial charge < -0.3 is 10.3 Å². The Morgan fingerprint density at radius 2 is 1.77 bits per heavy atom. The molecule has 0 spiro atoms. The molecule has 3 rings (SSSR count). The van der Waals surface area contributed by atoms with Crippen LogP contribution < -0.4 is 5.73 Å². The zero-order valence-electron chi connectivity index (χ0n) is 11.7. The molecule has 0 aliphatic heterocycles. The lowest BCUT2D eigenvalue weighted by molar-refractivity contribution is 0.510. The van der Waals surface area contributed by atoms with Crippen molar-refractivity contribution in [3.63, 3.8) is 0 Å². The Hall–Kier alpha value is -1.98. The largest absolute Gasteiger partial charge is 0.329 e. The van der Waals surface area contributed by atoms with Crippen LogP contribution in [0, 0.1) is 11.6 Å². The van der Waals surface area contributed by atoms with Crippen LogP contribution in [-0.4, -0.2) is 16.1 Å². The van der Waals surface area contributed by atoms with E-state index >= 15 is 0 Å². The molecule has 0 unspecified atom stereocenters. The van der Waals surface area contributed by atoms with E-state index in [9.17, 15) is 8.78 Å². The molecule has 0 atom stereocenters. The number of rotatable bonds is 4. The quantitative estimate of drug-likeness (QED) is 0.799. The molecule has 2 N–H and O–H groups in total. The van der Waals surface area contributed by atoms with E-state index in [4.69, 9.17) is 17.3 Å². The highest BCUT2D eigenvalue weighted by atomic mass is 35.5. The third kappa shape index (κ3) is 2.82. The minimum Gasteiger partial charge on any atom is -0.329 e. The maximum Gasteiger partial charge on any atom is 0.161 e. The van der Waals surface area contributed by atoms with Crippen molar-refractivity contribution < 1.29 is 8.78 Å². The van der Waals surface area contributed by atoms with Crippen LogP contribution in [0.15, 0.2) is 36.4 Å². The van der Waals surface area contributed by atoms with Gasteiger partial charge in [-0.15, -0.1) is 0 Å². The molecule has 3 nitrogen and oxygen atoms in total. The number of fused-ring (bicyclic) bond motifs is 1. The van der Waals surface area contributed by atoms with Gasteiger partial charge >= 0.3 is 0 Å². The fraction of sp³-hybridized carbons (Fsp3) is 0.188. The number of benzene rings is 2. The van der Waals surface area contributed by atoms with Crippen molar-refractivity contribution in [3.8, 4) is 0 Å². The standard InChI is InChI=1S/C16H14ClF2N3/c17-11-3-1-10(2-4-11)7-16-21-14-8-12(18)13(19)9-15(14)22(16)6-5-20/h1-4,8-9H,5-7,20H2. The molecular formula is C16H14ClF2N3. The molecule has 0 saturated carbocycles. The highest BCUT2D eigenvalue weighted by Gasteiger charge is 2.14. The minimum absolute atomic E-state index is 0.387. The molecule has 0 radical (unpaired) electrons. The van der Waals surface area contributed by atoms with Gasteiger partial charge in [0.1, 0.15) is 5.82 Å². The average molecular weight is 322 g/mol. The van der Waals surface area contributed by atoms with Crippen molar-refractivity contribution in [1.82, 2.24) is 9.55 Å². The highest BCUT2D eigenvalue weighted by Crippen LogP contribution is 2.22. The molecule has 0 aliphatic rings. The van der Waals surface area contributed by atoms with E-state index in [-0.39, 0.29) is 0 Å². The Kier molecular flexibility index (Phi) is 4.09. The molecule has 114 valence electrons. The summed E-state index contributed by atoms with van der Waals surface area (Å²) in [6.07, 6.45) is 0.537. The molecule has 1 heterocycles. The second-order valence-electron chi connectivity index (χ2n) is 5.03. The molecule has 22 heavy (non-hydrogen) atoms. The van der Waals surface area contributed by atoms with E-state index in [2.05, 4.69) is 4.98 Å². The Morgan fingerprint density at radius 3 is 2.45 bits per heavy atom. The number of nitrogens with two attached hydrogens (primary N) is 1. The predicted molar refractivity (Wildman–Crippen MR) is 83.0 cm³/mol. The lowest BCUT2D eigenvalue weighted by atomic mass is 10.1. The molecule has 2 aromatic carbocycles. The van der Waals surface area contributed by atoms with Crippen LogP contribution in [0.5, 0.6) is 0 Å². The first-order chi connectivity index (χ1) is 10.6. The Bertz CT molecular complexity index is 812. The second kappa shape index (κ2) is 6.02. The predicted octanol–water partition coefficient (Wildman–Crippen LogP) is 3.52. The summed E-state index contributed by atoms with van der Waals surface area (Å²) in [4.78, 5) is 4.42. The van der Waals surface area contributed by atoms with Crippen molar-refractivity contribution in [2.24, 2.45) is 5.73 Å². The van der Waals surface area contributed by atoms with Crippen LogP contribution in [0.4, 0.5) is 8.78 Å². The summed E-state index contributed by atoms with van der Waals surface area (Å²) in [5.74, 6) is -1.07. The number of aromatic nitrogens is 2. The zero-order valence-corrected chi connectivity index (χ0v) is 12.4. The Labute approximate surface area is 131 Å². The maximum absolute atomic E-state index is 13.5. The fourth-order valence-corrected chi connectivity index (χ4v) is 2.59. The highest BCUT2D eigenvalue weighted by molar-refractivity contribution is 6.30. The lowest BCUT2D eigenvalue weighted by Gasteiger charge is -2.08. The molecule has 0 fully saturated rings. The summed E-state index contributed by atoms with van der Waals surface area (Å²) < 4.78 is 28.7. The van der Waals surface area contributed by atoms with Gasteiger partial charge in [0.2, 0.25) is 0 Å². The number of nitrogens with zero attached hydrogens (tertiary/aromatic N) is 2. The third-order valence-corrected chi connectivity index (χ3v) is 3.75. The van der Waals surface area contributed by atoms with Crippen molar-refractivity contribution in [2.75, 3.05) is 6.54 Å². The zero-order chi connectivity index (χ0) is 15.7. The first-order valence-corrected chi connectivity index (χ1v) is 7.25. The summed E-state index contributed by atoms with van der Waals surface area (Å²) in [5, 5.41) is 0.656. The van der Waals surface area contributed by atoms with E-state index in [0.717, 1.165) is 11.6 Å². The Balaban J connectivity index is 2.07. The molecule has 1 aromatic heterocycles. The van der Waals surface area contributed by atoms with Gasteiger partial charge in [-0.05, 0) is 17.7 Å². The van der Waals surface area contributed by atoms with E-state index in [1.807, 2.05) is 16.7 Å². The van der Waals surface area contributed by atoms with Crippen LogP contribution in [-0.2, 0) is 13.0 Å². The van der Waals surface area contributed by atoms with Gasteiger partial charge in [-0.2, -0.15) is 0 Å². The summed E-state index contributed by atoms with van der Waals surface area (Å²) in [6.45, 7) is 0.878. The number of imidazole rings is 1. The van der Waals surface area contributed by atoms with Crippen LogP contribution >= 0.6 is 11.6 Å². The first kappa shape index (κ1) is 14.9. The van der Waals surface area contributed by atoms with Crippen molar-refractivity contribution in [3.05, 3.63) is 64.4 Å². The molecular weight excluding hydrogens is 308 g/mol. The van der Waals surface area contributed by atoms with Gasteiger partial charge in [-0.3, -0.25) is 0 Å². The molecule has 0 aliphatic carbocycles. The molecule has 3 aromatic rings. The lowest BCUT2D eigenvalue weighted by Crippen LogP contribution is -2.13. The minimum atomic E-state index is -0.900. The van der Waals surface area contributed by atoms with Crippen LogP contribution in [0.3, 0.4) is 0 Å². The van der Waals surface area contributed by atoms with E-state index in [1.165, 1.54) is 6.07 Å². The van der Waals surface area contributed by atoms with E-state index in [1.54, 1.807) is 12.1 Å². The molecule has 0 bridgehead atoms. The second-order valence-corrected chi connectivity index (χ2v) is 5.46. The Morgan fingerprint density at radius 1 is 1.09 bits per heavy atom. The molecule has 0 amide bonds. The number of hydrogen-bond acceptors (Lipinski definition) is 2. The van der Waals surface area contributed by atoms with E-state index < -0.39 is 11.6 Å². The van der Waals surface area contributed by atoms with Crippen LogP contribution in [0.25, 0.3) is 11.0 Å². The smallest absolute Gasteiger partial charge is 0.161 e. The summed E-state index contributed by atoms with van der Waals surface area (Å²) in [6, 6.07) is 9.67. The number of halogens is 3. The van der Waals surface area contributed by atoms with Crippen LogP contribution in [0.1, 0.15) is 11.4 Å². The van der Waals surface area contributed by atoms with E-state index in [0.29, 0.717) is 41.4 Å². The fourth-order valence-electron chi connectivity index (χ4n) is 2.47. The number of hydrogen-bond donors (Lipinski definition) is 1. The van der Waals surface area contributed by atoms with Crippen LogP contribution in [0.2, 0.25) is 5.02 Å². The molecule has 6 heteroatoms. The average Bonchev–Trinajstić information content (AvgIpc) is 2.80. The summed E-state index contributed by atoms with van der Waals surface area (Å²) in [7, 11) is 0. The van der Waals surface area contributed by atoms with Gasteiger partial charge in [0.25, 0.3) is 0 Å². The van der Waals surface area contributed by atoms with Gasteiger partial charge in [-0.1, -0.05) is 23.7 Å². The van der Waals surface area contributed by atoms with Crippen molar-refractivity contribution in [2.45, 2.75) is 13.0 Å². The van der Waals surface area contributed by atoms with Gasteiger partial charge in [0.15, 0.2) is 11.6 Å².